The largest absolute Gasteiger partial charge is 0.465 e. The summed E-state index contributed by atoms with van der Waals surface area (Å²) in [7, 11) is 0. The molecule has 0 spiro atoms. The molecule has 0 aromatic heterocycles. The van der Waals surface area contributed by atoms with E-state index in [4.69, 9.17) is 27.9 Å². The number of benzene rings is 1. The molecule has 0 fully saturated rings. The van der Waals surface area contributed by atoms with Crippen molar-refractivity contribution in [1.82, 2.24) is 0 Å². The van der Waals surface area contributed by atoms with E-state index >= 15 is 0 Å². The molecule has 0 saturated heterocycles. The van der Waals surface area contributed by atoms with E-state index in [1.807, 2.05) is 19.1 Å². The molecule has 2 nitrogen and oxygen atoms in total. The molecule has 70 valence electrons. The minimum atomic E-state index is -1.12. The molecule has 0 aliphatic rings. The lowest BCUT2D eigenvalue weighted by atomic mass is 10.2. The average molecular weight is 219 g/mol. The first-order valence-corrected chi connectivity index (χ1v) is 4.48. The molecule has 1 unspecified atom stereocenters. The summed E-state index contributed by atoms with van der Waals surface area (Å²) >= 11 is 10.7. The van der Waals surface area contributed by atoms with Crippen molar-refractivity contribution in [2.45, 2.75) is 12.5 Å². The maximum atomic E-state index is 10.6. The Morgan fingerprint density at radius 2 is 2.08 bits per heavy atom. The molecule has 0 radical (unpaired) electrons. The Hall–Kier alpha value is -0.730. The molecular weight excluding hydrogens is 211 g/mol. The number of rotatable bonds is 3. The molecule has 0 aliphatic carbocycles. The number of hydrogen-bond donors (Lipinski definition) is 0. The Kier molecular flexibility index (Phi) is 3.58. The zero-order valence-electron chi connectivity index (χ0n) is 6.96. The fourth-order valence-electron chi connectivity index (χ4n) is 0.846. The van der Waals surface area contributed by atoms with E-state index < -0.39 is 10.8 Å². The molecular formula is C9H8Cl2O2. The number of aryl methyl sites for hydroxylation is 1. The topological polar surface area (TPSA) is 26.3 Å². The van der Waals surface area contributed by atoms with E-state index in [1.165, 1.54) is 0 Å². The average Bonchev–Trinajstić information content (AvgIpc) is 2.08. The molecule has 1 aromatic carbocycles. The van der Waals surface area contributed by atoms with Gasteiger partial charge >= 0.3 is 0 Å². The smallest absolute Gasteiger partial charge is 0.278 e. The molecule has 13 heavy (non-hydrogen) atoms. The molecule has 1 rings (SSSR count). The molecule has 0 heterocycles. The first-order chi connectivity index (χ1) is 6.11. The van der Waals surface area contributed by atoms with Crippen molar-refractivity contribution in [2.75, 3.05) is 0 Å². The Bertz CT molecular complexity index is 312. The van der Waals surface area contributed by atoms with Crippen LogP contribution >= 0.6 is 23.2 Å². The summed E-state index contributed by atoms with van der Waals surface area (Å²) in [4.78, 5) is 10.6. The SMILES string of the molecule is Cc1ccccc1OC(Cl)C(=O)Cl. The summed E-state index contributed by atoms with van der Waals surface area (Å²) in [5, 5.41) is -0.718. The van der Waals surface area contributed by atoms with Crippen LogP contribution in [0.15, 0.2) is 24.3 Å². The van der Waals surface area contributed by atoms with Gasteiger partial charge in [0, 0.05) is 0 Å². The van der Waals surface area contributed by atoms with Crippen LogP contribution in [-0.2, 0) is 4.79 Å². The van der Waals surface area contributed by atoms with E-state index in [0.29, 0.717) is 5.75 Å². The van der Waals surface area contributed by atoms with Gasteiger partial charge in [0.1, 0.15) is 5.75 Å². The highest BCUT2D eigenvalue weighted by molar-refractivity contribution is 6.68. The van der Waals surface area contributed by atoms with Crippen molar-refractivity contribution in [3.8, 4) is 5.75 Å². The quantitative estimate of drug-likeness (QED) is 0.577. The van der Waals surface area contributed by atoms with Crippen LogP contribution in [0.2, 0.25) is 0 Å². The van der Waals surface area contributed by atoms with E-state index in [2.05, 4.69) is 0 Å². The van der Waals surface area contributed by atoms with Gasteiger partial charge in [0.2, 0.25) is 5.56 Å². The Morgan fingerprint density at radius 3 is 2.62 bits per heavy atom. The van der Waals surface area contributed by atoms with Gasteiger partial charge in [-0.1, -0.05) is 29.8 Å². The predicted molar refractivity (Wildman–Crippen MR) is 52.3 cm³/mol. The highest BCUT2D eigenvalue weighted by Gasteiger charge is 2.14. The monoisotopic (exact) mass is 218 g/mol. The maximum Gasteiger partial charge on any atom is 0.278 e. The van der Waals surface area contributed by atoms with Gasteiger partial charge in [-0.05, 0) is 30.2 Å². The lowest BCUT2D eigenvalue weighted by Gasteiger charge is -2.10. The number of carbonyl (C=O) groups excluding carboxylic acids is 1. The first kappa shape index (κ1) is 10.4. The van der Waals surface area contributed by atoms with Crippen LogP contribution in [0.3, 0.4) is 0 Å². The van der Waals surface area contributed by atoms with E-state index in [9.17, 15) is 4.79 Å². The number of ether oxygens (including phenoxy) is 1. The third kappa shape index (κ3) is 2.90. The second kappa shape index (κ2) is 4.49. The summed E-state index contributed by atoms with van der Waals surface area (Å²) in [5.41, 5.74) is -0.214. The van der Waals surface area contributed by atoms with Crippen LogP contribution in [0, 0.1) is 6.92 Å². The molecule has 0 aliphatic heterocycles. The standard InChI is InChI=1S/C9H8Cl2O2/c1-6-4-2-3-5-7(6)13-9(11)8(10)12/h2-5,9H,1H3. The van der Waals surface area contributed by atoms with E-state index in [0.717, 1.165) is 5.56 Å². The second-order valence-corrected chi connectivity index (χ2v) is 3.27. The van der Waals surface area contributed by atoms with Crippen LogP contribution in [-0.4, -0.2) is 10.8 Å². The van der Waals surface area contributed by atoms with Crippen LogP contribution in [0.4, 0.5) is 0 Å². The number of halogens is 2. The van der Waals surface area contributed by atoms with E-state index in [1.54, 1.807) is 12.1 Å². The van der Waals surface area contributed by atoms with Gasteiger partial charge in [-0.25, -0.2) is 0 Å². The van der Waals surface area contributed by atoms with Crippen molar-refractivity contribution < 1.29 is 9.53 Å². The van der Waals surface area contributed by atoms with Gasteiger partial charge in [-0.3, -0.25) is 4.79 Å². The van der Waals surface area contributed by atoms with Gasteiger partial charge in [0.15, 0.2) is 0 Å². The summed E-state index contributed by atoms with van der Waals surface area (Å²) < 4.78 is 5.09. The van der Waals surface area contributed by atoms with Crippen molar-refractivity contribution in [2.24, 2.45) is 0 Å². The third-order valence-corrected chi connectivity index (χ3v) is 2.10. The van der Waals surface area contributed by atoms with Gasteiger partial charge in [0.25, 0.3) is 5.24 Å². The van der Waals surface area contributed by atoms with Crippen molar-refractivity contribution in [1.29, 1.82) is 0 Å². The normalized spacial score (nSPS) is 12.2. The molecule has 0 amide bonds. The van der Waals surface area contributed by atoms with Gasteiger partial charge in [-0.2, -0.15) is 0 Å². The number of alkyl halides is 1. The summed E-state index contributed by atoms with van der Waals surface area (Å²) in [5.74, 6) is 0.566. The summed E-state index contributed by atoms with van der Waals surface area (Å²) in [6.45, 7) is 1.86. The molecule has 1 atom stereocenters. The minimum Gasteiger partial charge on any atom is -0.465 e. The van der Waals surface area contributed by atoms with Crippen LogP contribution in [0.5, 0.6) is 5.75 Å². The van der Waals surface area contributed by atoms with Crippen LogP contribution in [0.25, 0.3) is 0 Å². The zero-order chi connectivity index (χ0) is 9.84. The Morgan fingerprint density at radius 1 is 1.46 bits per heavy atom. The second-order valence-electron chi connectivity index (χ2n) is 2.50. The highest BCUT2D eigenvalue weighted by Crippen LogP contribution is 2.19. The van der Waals surface area contributed by atoms with Crippen LogP contribution < -0.4 is 4.74 Å². The molecule has 1 aromatic rings. The Balaban J connectivity index is 2.74. The first-order valence-electron chi connectivity index (χ1n) is 3.67. The fourth-order valence-corrected chi connectivity index (χ4v) is 0.987. The third-order valence-electron chi connectivity index (χ3n) is 1.50. The molecule has 0 N–H and O–H groups in total. The lowest BCUT2D eigenvalue weighted by Crippen LogP contribution is -2.16. The van der Waals surface area contributed by atoms with Crippen molar-refractivity contribution in [3.63, 3.8) is 0 Å². The van der Waals surface area contributed by atoms with Crippen molar-refractivity contribution >= 4 is 28.4 Å². The van der Waals surface area contributed by atoms with E-state index in [-0.39, 0.29) is 0 Å². The van der Waals surface area contributed by atoms with Crippen molar-refractivity contribution in [3.05, 3.63) is 29.8 Å². The number of hydrogen-bond acceptors (Lipinski definition) is 2. The van der Waals surface area contributed by atoms with Gasteiger partial charge < -0.3 is 4.74 Å². The van der Waals surface area contributed by atoms with Gasteiger partial charge in [-0.15, -0.1) is 0 Å². The fraction of sp³-hybridized carbons (Fsp3) is 0.222. The van der Waals surface area contributed by atoms with Gasteiger partial charge in [0.05, 0.1) is 0 Å². The Labute approximate surface area is 86.4 Å². The minimum absolute atomic E-state index is 0.566. The summed E-state index contributed by atoms with van der Waals surface area (Å²) in [6, 6.07) is 7.25. The molecule has 0 bridgehead atoms. The number of carbonyl (C=O) groups is 1. The molecule has 0 saturated carbocycles. The molecule has 4 heteroatoms. The summed E-state index contributed by atoms with van der Waals surface area (Å²) in [6.07, 6.45) is 0. The maximum absolute atomic E-state index is 10.6. The highest BCUT2D eigenvalue weighted by atomic mass is 35.5. The zero-order valence-corrected chi connectivity index (χ0v) is 8.47. The predicted octanol–water partition coefficient (Wildman–Crippen LogP) is 2.70. The lowest BCUT2D eigenvalue weighted by molar-refractivity contribution is -0.115. The number of para-hydroxylation sites is 1. The van der Waals surface area contributed by atoms with Crippen LogP contribution in [0.1, 0.15) is 5.56 Å².